The molecule has 0 aliphatic carbocycles. The van der Waals surface area contributed by atoms with Crippen molar-refractivity contribution >= 4 is 27.3 Å². The second-order valence-corrected chi connectivity index (χ2v) is 8.35. The highest BCUT2D eigenvalue weighted by Gasteiger charge is 2.31. The summed E-state index contributed by atoms with van der Waals surface area (Å²) in [5, 5.41) is 5.69. The van der Waals surface area contributed by atoms with Gasteiger partial charge >= 0.3 is 0 Å². The summed E-state index contributed by atoms with van der Waals surface area (Å²) in [5.41, 5.74) is 1.13. The van der Waals surface area contributed by atoms with Gasteiger partial charge in [0.15, 0.2) is 0 Å². The van der Waals surface area contributed by atoms with Crippen molar-refractivity contribution in [3.63, 3.8) is 0 Å². The molecule has 2 aliphatic heterocycles. The van der Waals surface area contributed by atoms with E-state index in [2.05, 4.69) is 26.8 Å². The highest BCUT2D eigenvalue weighted by molar-refractivity contribution is 7.20. The molecule has 0 radical (unpaired) electrons. The van der Waals surface area contributed by atoms with Gasteiger partial charge in [-0.3, -0.25) is 9.48 Å². The summed E-state index contributed by atoms with van der Waals surface area (Å²) in [6.07, 6.45) is 4.42. The predicted molar refractivity (Wildman–Crippen MR) is 104 cm³/mol. The number of carbonyl (C=O) groups excluding carboxylic acids is 1. The number of fused-ring (bicyclic) bond motifs is 2. The van der Waals surface area contributed by atoms with Crippen molar-refractivity contribution in [1.29, 1.82) is 0 Å². The molecule has 4 heterocycles. The maximum Gasteiger partial charge on any atom is 0.264 e. The summed E-state index contributed by atoms with van der Waals surface area (Å²) in [7, 11) is 0. The summed E-state index contributed by atoms with van der Waals surface area (Å²) in [6.45, 7) is 4.68. The highest BCUT2D eigenvalue weighted by Crippen LogP contribution is 2.29. The van der Waals surface area contributed by atoms with Crippen LogP contribution in [0.5, 0.6) is 0 Å². The molecule has 26 heavy (non-hydrogen) atoms. The molecule has 134 valence electrons. The first kappa shape index (κ1) is 16.0. The molecule has 6 heteroatoms. The number of likely N-dealkylation sites (tertiary alicyclic amines) is 1. The largest absolute Gasteiger partial charge is 0.330 e. The third-order valence-corrected chi connectivity index (χ3v) is 6.58. The number of hydrogen-bond donors (Lipinski definition) is 0. The van der Waals surface area contributed by atoms with Crippen LogP contribution >= 0.6 is 11.3 Å². The van der Waals surface area contributed by atoms with Gasteiger partial charge in [0.25, 0.3) is 5.91 Å². The molecule has 2 aromatic heterocycles. The fourth-order valence-corrected chi connectivity index (χ4v) is 5.21. The van der Waals surface area contributed by atoms with Gasteiger partial charge in [-0.05, 0) is 49.5 Å². The summed E-state index contributed by atoms with van der Waals surface area (Å²) in [5.74, 6) is 0.144. The zero-order valence-electron chi connectivity index (χ0n) is 14.7. The molecule has 3 aromatic rings. The van der Waals surface area contributed by atoms with E-state index in [-0.39, 0.29) is 11.9 Å². The Morgan fingerprint density at radius 2 is 2.04 bits per heavy atom. The van der Waals surface area contributed by atoms with Gasteiger partial charge in [-0.1, -0.05) is 18.2 Å². The monoisotopic (exact) mass is 366 g/mol. The van der Waals surface area contributed by atoms with Gasteiger partial charge in [-0.15, -0.1) is 11.3 Å². The average molecular weight is 366 g/mol. The van der Waals surface area contributed by atoms with E-state index >= 15 is 0 Å². The fourth-order valence-electron chi connectivity index (χ4n) is 4.18. The van der Waals surface area contributed by atoms with Gasteiger partial charge in [0.1, 0.15) is 0 Å². The van der Waals surface area contributed by atoms with E-state index in [1.165, 1.54) is 17.5 Å². The topological polar surface area (TPSA) is 41.4 Å². The van der Waals surface area contributed by atoms with E-state index in [0.29, 0.717) is 6.54 Å². The number of benzene rings is 1. The van der Waals surface area contributed by atoms with Crippen LogP contribution in [0.1, 0.15) is 34.2 Å². The first-order valence-electron chi connectivity index (χ1n) is 9.30. The Morgan fingerprint density at radius 1 is 1.19 bits per heavy atom. The standard InChI is InChI=1S/C20H22N4OS/c25-20(19-11-15-5-1-2-6-18(15)26-19)23-13-16-7-8-21-24(16)17(14-23)12-22-9-3-4-10-22/h1-2,5-8,11,17H,3-4,9-10,12-14H2/t17-/m1/s1. The highest BCUT2D eigenvalue weighted by atomic mass is 32.1. The van der Waals surface area contributed by atoms with Crippen molar-refractivity contribution < 1.29 is 4.79 Å². The molecule has 1 saturated heterocycles. The zero-order valence-corrected chi connectivity index (χ0v) is 15.5. The van der Waals surface area contributed by atoms with Crippen LogP contribution in [0.2, 0.25) is 0 Å². The molecule has 2 aliphatic rings. The molecule has 1 amide bonds. The number of thiophene rings is 1. The van der Waals surface area contributed by atoms with Gasteiger partial charge in [-0.2, -0.15) is 5.10 Å². The number of rotatable bonds is 3. The van der Waals surface area contributed by atoms with Crippen LogP contribution < -0.4 is 0 Å². The Balaban J connectivity index is 1.41. The third kappa shape index (κ3) is 2.83. The van der Waals surface area contributed by atoms with Crippen LogP contribution in [0.25, 0.3) is 10.1 Å². The first-order valence-corrected chi connectivity index (χ1v) is 10.1. The van der Waals surface area contributed by atoms with Crippen molar-refractivity contribution in [2.45, 2.75) is 25.4 Å². The Morgan fingerprint density at radius 3 is 2.88 bits per heavy atom. The van der Waals surface area contributed by atoms with Crippen LogP contribution in [0, 0.1) is 0 Å². The molecular formula is C20H22N4OS. The van der Waals surface area contributed by atoms with Crippen LogP contribution in [-0.2, 0) is 6.54 Å². The molecule has 0 unspecified atom stereocenters. The maximum atomic E-state index is 13.2. The molecule has 1 fully saturated rings. The average Bonchev–Trinajstić information content (AvgIpc) is 3.40. The van der Waals surface area contributed by atoms with E-state index in [1.54, 1.807) is 11.3 Å². The molecule has 0 bridgehead atoms. The van der Waals surface area contributed by atoms with Crippen molar-refractivity contribution in [1.82, 2.24) is 19.6 Å². The number of aromatic nitrogens is 2. The second-order valence-electron chi connectivity index (χ2n) is 7.26. The van der Waals surface area contributed by atoms with Crippen LogP contribution in [-0.4, -0.2) is 51.7 Å². The van der Waals surface area contributed by atoms with E-state index in [1.807, 2.05) is 35.4 Å². The minimum Gasteiger partial charge on any atom is -0.330 e. The van der Waals surface area contributed by atoms with Gasteiger partial charge in [-0.25, -0.2) is 0 Å². The SMILES string of the molecule is O=C(c1cc2ccccc2s1)N1Cc2ccnn2[C@H](CN2CCCC2)C1. The van der Waals surface area contributed by atoms with Crippen LogP contribution in [0.4, 0.5) is 0 Å². The lowest BCUT2D eigenvalue weighted by molar-refractivity contribution is 0.0651. The molecule has 5 nitrogen and oxygen atoms in total. The smallest absolute Gasteiger partial charge is 0.264 e. The molecular weight excluding hydrogens is 344 g/mol. The van der Waals surface area contributed by atoms with Crippen molar-refractivity contribution in [2.24, 2.45) is 0 Å². The lowest BCUT2D eigenvalue weighted by atomic mass is 10.1. The minimum atomic E-state index is 0.144. The minimum absolute atomic E-state index is 0.144. The molecule has 0 saturated carbocycles. The van der Waals surface area contributed by atoms with Gasteiger partial charge in [0.2, 0.25) is 0 Å². The maximum absolute atomic E-state index is 13.2. The normalized spacial score (nSPS) is 20.6. The van der Waals surface area contributed by atoms with Gasteiger partial charge in [0, 0.05) is 24.0 Å². The molecule has 0 N–H and O–H groups in total. The number of hydrogen-bond acceptors (Lipinski definition) is 4. The summed E-state index contributed by atoms with van der Waals surface area (Å²) >= 11 is 1.59. The second kappa shape index (κ2) is 6.52. The van der Waals surface area contributed by atoms with E-state index < -0.39 is 0 Å². The third-order valence-electron chi connectivity index (χ3n) is 5.47. The lowest BCUT2D eigenvalue weighted by Gasteiger charge is -2.35. The first-order chi connectivity index (χ1) is 12.8. The van der Waals surface area contributed by atoms with E-state index in [4.69, 9.17) is 0 Å². The van der Waals surface area contributed by atoms with Crippen molar-refractivity contribution in [2.75, 3.05) is 26.2 Å². The Hall–Kier alpha value is -2.18. The lowest BCUT2D eigenvalue weighted by Crippen LogP contribution is -2.44. The van der Waals surface area contributed by atoms with Crippen molar-refractivity contribution in [3.8, 4) is 0 Å². The van der Waals surface area contributed by atoms with Gasteiger partial charge < -0.3 is 9.80 Å². The zero-order chi connectivity index (χ0) is 17.5. The van der Waals surface area contributed by atoms with Crippen molar-refractivity contribution in [3.05, 3.63) is 53.2 Å². The fraction of sp³-hybridized carbons (Fsp3) is 0.400. The summed E-state index contributed by atoms with van der Waals surface area (Å²) < 4.78 is 3.30. The van der Waals surface area contributed by atoms with Gasteiger partial charge in [0.05, 0.1) is 23.2 Å². The molecule has 0 spiro atoms. The summed E-state index contributed by atoms with van der Waals surface area (Å²) in [4.78, 5) is 18.5. The van der Waals surface area contributed by atoms with E-state index in [9.17, 15) is 4.79 Å². The Bertz CT molecular complexity index is 907. The predicted octanol–water partition coefficient (Wildman–Crippen LogP) is 3.39. The number of carbonyl (C=O) groups is 1. The molecule has 1 aromatic carbocycles. The number of amides is 1. The molecule has 5 rings (SSSR count). The number of nitrogens with zero attached hydrogens (tertiary/aromatic N) is 4. The Labute approximate surface area is 156 Å². The molecule has 1 atom stereocenters. The van der Waals surface area contributed by atoms with E-state index in [0.717, 1.165) is 42.1 Å². The Kier molecular flexibility index (Phi) is 4.02. The summed E-state index contributed by atoms with van der Waals surface area (Å²) in [6, 6.07) is 12.5. The van der Waals surface area contributed by atoms with Crippen LogP contribution in [0.15, 0.2) is 42.6 Å². The van der Waals surface area contributed by atoms with Crippen LogP contribution in [0.3, 0.4) is 0 Å². The quantitative estimate of drug-likeness (QED) is 0.713.